The number of phenolic OH excluding ortho intramolecular Hbond substituents is 3. The van der Waals surface area contributed by atoms with Crippen LogP contribution in [0.2, 0.25) is 0 Å². The molecule has 1 aromatic rings. The summed E-state index contributed by atoms with van der Waals surface area (Å²) in [6, 6.07) is 2.13. The van der Waals surface area contributed by atoms with Crippen LogP contribution in [0.1, 0.15) is 36.0 Å². The van der Waals surface area contributed by atoms with E-state index in [1.54, 1.807) is 0 Å². The first kappa shape index (κ1) is 16.6. The van der Waals surface area contributed by atoms with Crippen LogP contribution in [0, 0.1) is 0 Å². The monoisotopic (exact) mass is 301 g/mol. The molecule has 1 heterocycles. The third kappa shape index (κ3) is 4.02. The number of carbonyl (C=O) groups excluding carboxylic acids is 1. The van der Waals surface area contributed by atoms with Gasteiger partial charge in [0.2, 0.25) is 0 Å². The quantitative estimate of drug-likeness (QED) is 0.727. The van der Waals surface area contributed by atoms with Crippen molar-refractivity contribution < 1.29 is 20.1 Å². The summed E-state index contributed by atoms with van der Waals surface area (Å²) in [4.78, 5) is 14.3. The van der Waals surface area contributed by atoms with E-state index in [1.165, 1.54) is 12.8 Å². The Bertz CT molecular complexity index is 449. The molecule has 0 radical (unpaired) electrons. The van der Waals surface area contributed by atoms with Gasteiger partial charge >= 0.3 is 0 Å². The highest BCUT2D eigenvalue weighted by atomic mass is 35.5. The zero-order valence-corrected chi connectivity index (χ0v) is 12.0. The van der Waals surface area contributed by atoms with Gasteiger partial charge in [-0.2, -0.15) is 0 Å². The van der Waals surface area contributed by atoms with E-state index in [0.717, 1.165) is 31.8 Å². The molecular formula is C14H20ClNO4. The topological polar surface area (TPSA) is 81.0 Å². The Hall–Kier alpha value is -1.46. The van der Waals surface area contributed by atoms with E-state index in [2.05, 4.69) is 4.90 Å². The lowest BCUT2D eigenvalue weighted by atomic mass is 10.0. The van der Waals surface area contributed by atoms with Gasteiger partial charge in [-0.1, -0.05) is 0 Å². The van der Waals surface area contributed by atoms with Gasteiger partial charge in [0.25, 0.3) is 0 Å². The summed E-state index contributed by atoms with van der Waals surface area (Å²) in [6.45, 7) is 3.04. The third-order valence-corrected chi connectivity index (χ3v) is 3.44. The molecule has 3 N–H and O–H groups in total. The molecule has 5 nitrogen and oxygen atoms in total. The summed E-state index contributed by atoms with van der Waals surface area (Å²) in [6.07, 6.45) is 3.42. The molecule has 0 bridgehead atoms. The fourth-order valence-corrected chi connectivity index (χ4v) is 2.48. The Kier molecular flexibility index (Phi) is 6.10. The van der Waals surface area contributed by atoms with E-state index in [1.807, 2.05) is 0 Å². The summed E-state index contributed by atoms with van der Waals surface area (Å²) in [5.41, 5.74) is -0.0979. The highest BCUT2D eigenvalue weighted by molar-refractivity contribution is 6.01. The van der Waals surface area contributed by atoms with Gasteiger partial charge in [0.05, 0.1) is 0 Å². The maximum atomic E-state index is 12.0. The maximum absolute atomic E-state index is 12.0. The van der Waals surface area contributed by atoms with Crippen LogP contribution < -0.4 is 0 Å². The van der Waals surface area contributed by atoms with Gasteiger partial charge in [0.15, 0.2) is 5.78 Å². The van der Waals surface area contributed by atoms with E-state index in [4.69, 9.17) is 0 Å². The number of aromatic hydroxyl groups is 3. The molecule has 0 unspecified atom stereocenters. The van der Waals surface area contributed by atoms with E-state index in [-0.39, 0.29) is 47.4 Å². The lowest BCUT2D eigenvalue weighted by molar-refractivity contribution is 0.0970. The van der Waals surface area contributed by atoms with E-state index >= 15 is 0 Å². The van der Waals surface area contributed by atoms with Gasteiger partial charge in [0.1, 0.15) is 22.8 Å². The van der Waals surface area contributed by atoms with Gasteiger partial charge < -0.3 is 20.2 Å². The van der Waals surface area contributed by atoms with Gasteiger partial charge in [-0.3, -0.25) is 4.79 Å². The Balaban J connectivity index is 0.00000200. The molecule has 6 heteroatoms. The zero-order valence-electron chi connectivity index (χ0n) is 11.2. The highest BCUT2D eigenvalue weighted by Gasteiger charge is 2.18. The summed E-state index contributed by atoms with van der Waals surface area (Å²) in [5, 5.41) is 28.4. The van der Waals surface area contributed by atoms with Crippen molar-refractivity contribution in [1.29, 1.82) is 0 Å². The van der Waals surface area contributed by atoms with Crippen molar-refractivity contribution in [2.45, 2.75) is 25.7 Å². The minimum Gasteiger partial charge on any atom is -0.508 e. The number of halogens is 1. The molecule has 1 aromatic carbocycles. The summed E-state index contributed by atoms with van der Waals surface area (Å²) >= 11 is 0. The molecular weight excluding hydrogens is 282 g/mol. The van der Waals surface area contributed by atoms with Gasteiger partial charge in [-0.05, 0) is 38.9 Å². The summed E-state index contributed by atoms with van der Waals surface area (Å²) in [5.74, 6) is -1.30. The molecule has 1 aliphatic rings. The Morgan fingerprint density at radius 2 is 1.65 bits per heavy atom. The van der Waals surface area contributed by atoms with E-state index in [0.29, 0.717) is 6.42 Å². The first-order chi connectivity index (χ1) is 9.08. The Labute approximate surface area is 124 Å². The van der Waals surface area contributed by atoms with Crippen molar-refractivity contribution in [3.05, 3.63) is 17.7 Å². The minimum absolute atomic E-state index is 0. The molecule has 0 amide bonds. The van der Waals surface area contributed by atoms with Crippen molar-refractivity contribution in [3.63, 3.8) is 0 Å². The molecule has 0 spiro atoms. The molecule has 0 atom stereocenters. The normalized spacial score (nSPS) is 15.0. The number of likely N-dealkylation sites (tertiary alicyclic amines) is 1. The number of carbonyl (C=O) groups is 1. The average Bonchev–Trinajstić information content (AvgIpc) is 2.80. The lowest BCUT2D eigenvalue weighted by Gasteiger charge is -2.14. The van der Waals surface area contributed by atoms with Crippen LogP contribution in [-0.2, 0) is 0 Å². The smallest absolute Gasteiger partial charge is 0.170 e. The number of phenols is 3. The molecule has 0 aromatic heterocycles. The molecule has 1 saturated heterocycles. The van der Waals surface area contributed by atoms with Crippen molar-refractivity contribution in [2.75, 3.05) is 19.6 Å². The Morgan fingerprint density at radius 1 is 1.10 bits per heavy atom. The molecule has 112 valence electrons. The first-order valence-corrected chi connectivity index (χ1v) is 6.58. The van der Waals surface area contributed by atoms with E-state index < -0.39 is 0 Å². The van der Waals surface area contributed by atoms with Crippen LogP contribution >= 0.6 is 12.4 Å². The molecule has 1 fully saturated rings. The van der Waals surface area contributed by atoms with Gasteiger partial charge in [-0.25, -0.2) is 0 Å². The number of ketones is 1. The van der Waals surface area contributed by atoms with Crippen LogP contribution in [0.4, 0.5) is 0 Å². The minimum atomic E-state index is -0.372. The maximum Gasteiger partial charge on any atom is 0.170 e. The number of nitrogens with zero attached hydrogens (tertiary/aromatic N) is 1. The second kappa shape index (κ2) is 7.36. The van der Waals surface area contributed by atoms with Crippen LogP contribution in [0.5, 0.6) is 17.2 Å². The SMILES string of the molecule is Cl.O=C(CCCN1CCCC1)c1c(O)cc(O)cc1O. The zero-order chi connectivity index (χ0) is 13.8. The molecule has 20 heavy (non-hydrogen) atoms. The molecule has 0 saturated carbocycles. The number of Topliss-reactive ketones (excluding diaryl/α,β-unsaturated/α-hetero) is 1. The van der Waals surface area contributed by atoms with Crippen LogP contribution in [0.3, 0.4) is 0 Å². The number of hydrogen-bond acceptors (Lipinski definition) is 5. The van der Waals surface area contributed by atoms with Gasteiger partial charge in [-0.15, -0.1) is 12.4 Å². The standard InChI is InChI=1S/C14H19NO4.ClH/c16-10-8-12(18)14(13(19)9-10)11(17)4-3-7-15-5-1-2-6-15;/h8-9,16,18-19H,1-7H2;1H. The number of rotatable bonds is 5. The second-order valence-corrected chi connectivity index (χ2v) is 4.93. The van der Waals surface area contributed by atoms with Gasteiger partial charge in [0, 0.05) is 18.6 Å². The summed E-state index contributed by atoms with van der Waals surface area (Å²) < 4.78 is 0. The predicted octanol–water partition coefficient (Wildman–Crippen LogP) is 2.28. The fourth-order valence-electron chi connectivity index (χ4n) is 2.48. The lowest BCUT2D eigenvalue weighted by Crippen LogP contribution is -2.21. The van der Waals surface area contributed by atoms with Crippen molar-refractivity contribution in [1.82, 2.24) is 4.90 Å². The predicted molar refractivity (Wildman–Crippen MR) is 77.9 cm³/mol. The van der Waals surface area contributed by atoms with E-state index in [9.17, 15) is 20.1 Å². The number of hydrogen-bond donors (Lipinski definition) is 3. The third-order valence-electron chi connectivity index (χ3n) is 3.44. The van der Waals surface area contributed by atoms with Crippen molar-refractivity contribution in [2.24, 2.45) is 0 Å². The summed E-state index contributed by atoms with van der Waals surface area (Å²) in [7, 11) is 0. The largest absolute Gasteiger partial charge is 0.508 e. The Morgan fingerprint density at radius 3 is 2.20 bits per heavy atom. The van der Waals surface area contributed by atoms with Crippen LogP contribution in [-0.4, -0.2) is 45.6 Å². The number of benzene rings is 1. The van der Waals surface area contributed by atoms with Crippen LogP contribution in [0.15, 0.2) is 12.1 Å². The first-order valence-electron chi connectivity index (χ1n) is 6.58. The molecule has 2 rings (SSSR count). The average molecular weight is 302 g/mol. The second-order valence-electron chi connectivity index (χ2n) is 4.93. The molecule has 1 aliphatic heterocycles. The molecule has 0 aliphatic carbocycles. The highest BCUT2D eigenvalue weighted by Crippen LogP contribution is 2.33. The van der Waals surface area contributed by atoms with Crippen LogP contribution in [0.25, 0.3) is 0 Å². The van der Waals surface area contributed by atoms with Crippen molar-refractivity contribution >= 4 is 18.2 Å². The fraction of sp³-hybridized carbons (Fsp3) is 0.500. The van der Waals surface area contributed by atoms with Crippen molar-refractivity contribution in [3.8, 4) is 17.2 Å².